The molecule has 3 aliphatic carbocycles. The Hall–Kier alpha value is -0.920. The fraction of sp³-hybridized carbons (Fsp3) is 0.900. The molecule has 3 saturated carbocycles. The highest BCUT2D eigenvalue weighted by atomic mass is 15.1. The van der Waals surface area contributed by atoms with Crippen LogP contribution in [0, 0.1) is 0 Å². The predicted octanol–water partition coefficient (Wildman–Crippen LogP) is 13.6. The van der Waals surface area contributed by atoms with Crippen LogP contribution in [0.15, 0.2) is 6.20 Å². The van der Waals surface area contributed by atoms with Gasteiger partial charge in [0.2, 0.25) is 0 Å². The van der Waals surface area contributed by atoms with Crippen molar-refractivity contribution in [3.8, 4) is 0 Å². The molecule has 2 nitrogen and oxygen atoms in total. The van der Waals surface area contributed by atoms with E-state index in [0.717, 1.165) is 0 Å². The first-order chi connectivity index (χ1) is 20.9. The van der Waals surface area contributed by atoms with Crippen molar-refractivity contribution in [3.63, 3.8) is 0 Å². The van der Waals surface area contributed by atoms with Gasteiger partial charge in [0.25, 0.3) is 0 Å². The minimum atomic E-state index is 0.638. The molecule has 0 unspecified atom stereocenters. The Morgan fingerprint density at radius 2 is 0.619 bits per heavy atom. The number of hydrogen-bond acceptors (Lipinski definition) is 2. The summed E-state index contributed by atoms with van der Waals surface area (Å²) in [5.74, 6) is 2.06. The van der Waals surface area contributed by atoms with Gasteiger partial charge in [-0.2, -0.15) is 10.2 Å². The van der Waals surface area contributed by atoms with Crippen molar-refractivity contribution >= 4 is 0 Å². The van der Waals surface area contributed by atoms with Crippen LogP contribution in [0.25, 0.3) is 0 Å². The molecule has 1 heterocycles. The number of nitrogens with zero attached hydrogens (tertiary/aromatic N) is 2. The van der Waals surface area contributed by atoms with Crippen LogP contribution in [0.5, 0.6) is 0 Å². The molecule has 0 amide bonds. The van der Waals surface area contributed by atoms with Crippen molar-refractivity contribution in [1.82, 2.24) is 10.2 Å². The van der Waals surface area contributed by atoms with Gasteiger partial charge in [-0.1, -0.05) is 173 Å². The summed E-state index contributed by atoms with van der Waals surface area (Å²) >= 11 is 0. The van der Waals surface area contributed by atoms with Gasteiger partial charge in [0, 0.05) is 5.92 Å². The Kier molecular flexibility index (Phi) is 17.6. The third kappa shape index (κ3) is 12.6. The minimum absolute atomic E-state index is 0.638. The molecular weight excluding hydrogens is 508 g/mol. The first-order valence-electron chi connectivity index (χ1n) is 19.8. The topological polar surface area (TPSA) is 25.8 Å². The molecule has 0 saturated heterocycles. The summed E-state index contributed by atoms with van der Waals surface area (Å²) in [6.45, 7) is 0. The van der Waals surface area contributed by atoms with Crippen molar-refractivity contribution in [2.75, 3.05) is 0 Å². The van der Waals surface area contributed by atoms with E-state index in [0.29, 0.717) is 17.8 Å². The van der Waals surface area contributed by atoms with E-state index in [4.69, 9.17) is 10.2 Å². The van der Waals surface area contributed by atoms with E-state index in [1.807, 2.05) is 0 Å². The van der Waals surface area contributed by atoms with E-state index >= 15 is 0 Å². The minimum Gasteiger partial charge on any atom is -0.159 e. The zero-order valence-corrected chi connectivity index (χ0v) is 28.0. The lowest BCUT2D eigenvalue weighted by molar-refractivity contribution is 0.428. The van der Waals surface area contributed by atoms with E-state index in [1.54, 1.807) is 11.1 Å². The lowest BCUT2D eigenvalue weighted by Gasteiger charge is -2.30. The third-order valence-corrected chi connectivity index (χ3v) is 11.5. The van der Waals surface area contributed by atoms with Gasteiger partial charge in [-0.15, -0.1) is 0 Å². The third-order valence-electron chi connectivity index (χ3n) is 11.5. The zero-order chi connectivity index (χ0) is 28.9. The molecule has 3 aliphatic rings. The van der Waals surface area contributed by atoms with Gasteiger partial charge in [-0.25, -0.2) is 0 Å². The van der Waals surface area contributed by atoms with Gasteiger partial charge in [-0.05, 0) is 61.5 Å². The van der Waals surface area contributed by atoms with Crippen LogP contribution in [0.2, 0.25) is 0 Å². The van der Waals surface area contributed by atoms with Crippen molar-refractivity contribution in [3.05, 3.63) is 23.0 Å². The molecule has 0 aromatic carbocycles. The molecule has 240 valence electrons. The normalized spacial score (nSPS) is 24.6. The number of rotatable bonds is 3. The highest BCUT2D eigenvalue weighted by molar-refractivity contribution is 5.36. The molecule has 42 heavy (non-hydrogen) atoms. The average molecular weight is 579 g/mol. The molecular formula is C40H70N2. The van der Waals surface area contributed by atoms with Crippen LogP contribution in [-0.4, -0.2) is 10.2 Å². The monoisotopic (exact) mass is 579 g/mol. The molecule has 0 spiro atoms. The van der Waals surface area contributed by atoms with E-state index in [9.17, 15) is 0 Å². The SMILES string of the molecule is c1nnc(C2CCCCCCCCCCC2)c(C2CCCCCCCCCCC2)c1C1CCCCCCCCCCC1. The summed E-state index contributed by atoms with van der Waals surface area (Å²) < 4.78 is 0. The van der Waals surface area contributed by atoms with Crippen LogP contribution in [0.3, 0.4) is 0 Å². The number of hydrogen-bond donors (Lipinski definition) is 0. The van der Waals surface area contributed by atoms with Crippen molar-refractivity contribution in [2.45, 2.75) is 230 Å². The maximum absolute atomic E-state index is 5.18. The Morgan fingerprint density at radius 1 is 0.333 bits per heavy atom. The molecule has 3 fully saturated rings. The average Bonchev–Trinajstić information content (AvgIpc) is 2.98. The lowest BCUT2D eigenvalue weighted by atomic mass is 9.76. The van der Waals surface area contributed by atoms with Gasteiger partial charge in [0.1, 0.15) is 0 Å². The van der Waals surface area contributed by atoms with E-state index in [2.05, 4.69) is 6.20 Å². The van der Waals surface area contributed by atoms with E-state index < -0.39 is 0 Å². The Bertz CT molecular complexity index is 719. The quantitative estimate of drug-likeness (QED) is 0.356. The smallest absolute Gasteiger partial charge is 0.0699 e. The van der Waals surface area contributed by atoms with Crippen LogP contribution >= 0.6 is 0 Å². The van der Waals surface area contributed by atoms with Crippen molar-refractivity contribution < 1.29 is 0 Å². The van der Waals surface area contributed by atoms with Gasteiger partial charge in [-0.3, -0.25) is 0 Å². The molecule has 0 atom stereocenters. The predicted molar refractivity (Wildman–Crippen MR) is 183 cm³/mol. The highest BCUT2D eigenvalue weighted by Gasteiger charge is 2.28. The molecule has 0 bridgehead atoms. The summed E-state index contributed by atoms with van der Waals surface area (Å²) in [4.78, 5) is 0. The maximum atomic E-state index is 5.18. The Morgan fingerprint density at radius 3 is 0.976 bits per heavy atom. The standard InChI is InChI=1S/C40H70N2/c1-4-10-16-22-28-35(29-23-17-11-5-1)38-34-41-42-40(37-32-26-20-14-8-3-9-15-21-27-33-37)39(38)36-30-24-18-12-6-2-7-13-19-25-31-36/h34-37H,1-33H2. The molecule has 2 heteroatoms. The zero-order valence-electron chi connectivity index (χ0n) is 28.0. The fourth-order valence-corrected chi connectivity index (χ4v) is 8.86. The van der Waals surface area contributed by atoms with Crippen LogP contribution < -0.4 is 0 Å². The second-order valence-corrected chi connectivity index (χ2v) is 15.0. The van der Waals surface area contributed by atoms with Gasteiger partial charge >= 0.3 is 0 Å². The van der Waals surface area contributed by atoms with Crippen molar-refractivity contribution in [2.24, 2.45) is 0 Å². The fourth-order valence-electron chi connectivity index (χ4n) is 8.86. The van der Waals surface area contributed by atoms with Gasteiger partial charge < -0.3 is 0 Å². The summed E-state index contributed by atoms with van der Waals surface area (Å²) in [5.41, 5.74) is 4.93. The first-order valence-corrected chi connectivity index (χ1v) is 19.8. The summed E-state index contributed by atoms with van der Waals surface area (Å²) in [6.07, 6.45) is 49.4. The molecule has 1 aromatic heterocycles. The van der Waals surface area contributed by atoms with E-state index in [-0.39, 0.29) is 0 Å². The van der Waals surface area contributed by atoms with Crippen LogP contribution in [0.1, 0.15) is 246 Å². The summed E-state index contributed by atoms with van der Waals surface area (Å²) in [7, 11) is 0. The lowest BCUT2D eigenvalue weighted by Crippen LogP contribution is -2.17. The Labute approximate surface area is 262 Å². The van der Waals surface area contributed by atoms with Crippen LogP contribution in [0.4, 0.5) is 0 Å². The highest BCUT2D eigenvalue weighted by Crippen LogP contribution is 2.43. The van der Waals surface area contributed by atoms with Crippen LogP contribution in [-0.2, 0) is 0 Å². The first kappa shape index (κ1) is 34.0. The second kappa shape index (κ2) is 21.7. The van der Waals surface area contributed by atoms with Gasteiger partial charge in [0.05, 0.1) is 11.9 Å². The van der Waals surface area contributed by atoms with E-state index in [1.165, 1.54) is 218 Å². The maximum Gasteiger partial charge on any atom is 0.0699 e. The van der Waals surface area contributed by atoms with Crippen molar-refractivity contribution in [1.29, 1.82) is 0 Å². The van der Waals surface area contributed by atoms with Gasteiger partial charge in [0.15, 0.2) is 0 Å². The molecule has 1 aromatic rings. The molecule has 0 radical (unpaired) electrons. The summed E-state index contributed by atoms with van der Waals surface area (Å²) in [5, 5.41) is 10.1. The second-order valence-electron chi connectivity index (χ2n) is 15.0. The Balaban J connectivity index is 1.65. The summed E-state index contributed by atoms with van der Waals surface area (Å²) in [6, 6.07) is 0. The molecule has 0 aliphatic heterocycles. The largest absolute Gasteiger partial charge is 0.159 e. The molecule has 4 rings (SSSR count). The number of aromatic nitrogens is 2. The molecule has 0 N–H and O–H groups in total.